The lowest BCUT2D eigenvalue weighted by molar-refractivity contribution is 0.412. The van der Waals surface area contributed by atoms with Gasteiger partial charge in [-0.1, -0.05) is 17.7 Å². The zero-order valence-electron chi connectivity index (χ0n) is 11.4. The molecule has 1 unspecified atom stereocenters. The Bertz CT molecular complexity index is 643. The zero-order valence-corrected chi connectivity index (χ0v) is 15.3. The van der Waals surface area contributed by atoms with Crippen molar-refractivity contribution in [3.8, 4) is 5.75 Å². The SMILES string of the molecule is COc1ccc(C(C)Nc2c(Cl)cc(F)cc2Br)cc1Br. The van der Waals surface area contributed by atoms with Gasteiger partial charge in [0.2, 0.25) is 0 Å². The highest BCUT2D eigenvalue weighted by atomic mass is 79.9. The first-order valence-electron chi connectivity index (χ1n) is 6.17. The van der Waals surface area contributed by atoms with Gasteiger partial charge in [0.15, 0.2) is 0 Å². The Morgan fingerprint density at radius 3 is 2.48 bits per heavy atom. The highest BCUT2D eigenvalue weighted by Gasteiger charge is 2.13. The Hall–Kier alpha value is -0.780. The van der Waals surface area contributed by atoms with Crippen LogP contribution in [-0.2, 0) is 0 Å². The maximum absolute atomic E-state index is 13.2. The number of nitrogens with one attached hydrogen (secondary N) is 1. The van der Waals surface area contributed by atoms with Gasteiger partial charge in [0.05, 0.1) is 22.3 Å². The van der Waals surface area contributed by atoms with Crippen molar-refractivity contribution in [3.63, 3.8) is 0 Å². The maximum atomic E-state index is 13.2. The molecule has 2 aromatic carbocycles. The van der Waals surface area contributed by atoms with Crippen LogP contribution >= 0.6 is 43.5 Å². The highest BCUT2D eigenvalue weighted by Crippen LogP contribution is 2.35. The molecule has 6 heteroatoms. The molecule has 0 radical (unpaired) electrons. The molecule has 0 aliphatic heterocycles. The second-order valence-electron chi connectivity index (χ2n) is 4.50. The van der Waals surface area contributed by atoms with E-state index in [4.69, 9.17) is 16.3 Å². The molecule has 0 aliphatic carbocycles. The molecule has 0 heterocycles. The predicted octanol–water partition coefficient (Wildman–Crippen LogP) is 6.19. The third-order valence-electron chi connectivity index (χ3n) is 3.04. The Morgan fingerprint density at radius 1 is 1.19 bits per heavy atom. The number of benzene rings is 2. The van der Waals surface area contributed by atoms with Crippen LogP contribution in [0.4, 0.5) is 10.1 Å². The molecule has 2 aromatic rings. The summed E-state index contributed by atoms with van der Waals surface area (Å²) in [4.78, 5) is 0. The fourth-order valence-corrected chi connectivity index (χ4v) is 3.41. The van der Waals surface area contributed by atoms with E-state index in [0.717, 1.165) is 15.8 Å². The average molecular weight is 438 g/mol. The highest BCUT2D eigenvalue weighted by molar-refractivity contribution is 9.11. The van der Waals surface area contributed by atoms with Crippen LogP contribution in [0.5, 0.6) is 5.75 Å². The summed E-state index contributed by atoms with van der Waals surface area (Å²) in [7, 11) is 1.62. The number of ether oxygens (including phenoxy) is 1. The van der Waals surface area contributed by atoms with E-state index in [-0.39, 0.29) is 11.9 Å². The molecule has 0 bridgehead atoms. The Labute approximate surface area is 144 Å². The van der Waals surface area contributed by atoms with Crippen molar-refractivity contribution in [3.05, 3.63) is 55.7 Å². The number of anilines is 1. The van der Waals surface area contributed by atoms with Crippen molar-refractivity contribution >= 4 is 49.1 Å². The first kappa shape index (κ1) is 16.6. The molecular formula is C15H13Br2ClFNO. The van der Waals surface area contributed by atoms with Gasteiger partial charge in [0.1, 0.15) is 11.6 Å². The fourth-order valence-electron chi connectivity index (χ4n) is 1.93. The van der Waals surface area contributed by atoms with Crippen LogP contribution in [0.15, 0.2) is 39.3 Å². The molecule has 0 aliphatic rings. The lowest BCUT2D eigenvalue weighted by Crippen LogP contribution is -2.08. The average Bonchev–Trinajstić information content (AvgIpc) is 2.42. The van der Waals surface area contributed by atoms with Gasteiger partial charge >= 0.3 is 0 Å². The molecule has 0 amide bonds. The molecule has 21 heavy (non-hydrogen) atoms. The fraction of sp³-hybridized carbons (Fsp3) is 0.200. The molecule has 0 spiro atoms. The van der Waals surface area contributed by atoms with E-state index in [1.807, 2.05) is 25.1 Å². The van der Waals surface area contributed by atoms with Gasteiger partial charge in [0, 0.05) is 10.5 Å². The van der Waals surface area contributed by atoms with Crippen molar-refractivity contribution < 1.29 is 9.13 Å². The van der Waals surface area contributed by atoms with Crippen LogP contribution in [0.1, 0.15) is 18.5 Å². The van der Waals surface area contributed by atoms with Gasteiger partial charge in [-0.05, 0) is 68.6 Å². The molecule has 1 atom stereocenters. The summed E-state index contributed by atoms with van der Waals surface area (Å²) in [5.74, 6) is 0.393. The standard InChI is InChI=1S/C15H13Br2ClFNO/c1-8(9-3-4-14(21-2)11(16)5-9)20-15-12(17)6-10(19)7-13(15)18/h3-8,20H,1-2H3. The van der Waals surface area contributed by atoms with Crippen LogP contribution in [0.2, 0.25) is 5.02 Å². The van der Waals surface area contributed by atoms with Crippen LogP contribution in [0.3, 0.4) is 0 Å². The van der Waals surface area contributed by atoms with Gasteiger partial charge in [0.25, 0.3) is 0 Å². The number of hydrogen-bond acceptors (Lipinski definition) is 2. The maximum Gasteiger partial charge on any atom is 0.133 e. The lowest BCUT2D eigenvalue weighted by Gasteiger charge is -2.19. The van der Waals surface area contributed by atoms with E-state index in [9.17, 15) is 4.39 Å². The van der Waals surface area contributed by atoms with Gasteiger partial charge < -0.3 is 10.1 Å². The molecule has 0 saturated heterocycles. The predicted molar refractivity (Wildman–Crippen MR) is 91.8 cm³/mol. The number of methoxy groups -OCH3 is 1. The van der Waals surface area contributed by atoms with Crippen molar-refractivity contribution in [1.29, 1.82) is 0 Å². The van der Waals surface area contributed by atoms with Crippen molar-refractivity contribution in [2.24, 2.45) is 0 Å². The number of halogens is 4. The quantitative estimate of drug-likeness (QED) is 0.616. The normalized spacial score (nSPS) is 12.1. The van der Waals surface area contributed by atoms with Crippen molar-refractivity contribution in [1.82, 2.24) is 0 Å². The number of rotatable bonds is 4. The second kappa shape index (κ2) is 6.99. The van der Waals surface area contributed by atoms with E-state index < -0.39 is 0 Å². The van der Waals surface area contributed by atoms with Crippen LogP contribution < -0.4 is 10.1 Å². The zero-order chi connectivity index (χ0) is 15.6. The van der Waals surface area contributed by atoms with Crippen molar-refractivity contribution in [2.45, 2.75) is 13.0 Å². The first-order chi connectivity index (χ1) is 9.92. The molecule has 112 valence electrons. The van der Waals surface area contributed by atoms with Gasteiger partial charge in [-0.2, -0.15) is 0 Å². The molecule has 0 fully saturated rings. The Balaban J connectivity index is 2.26. The van der Waals surface area contributed by atoms with Gasteiger partial charge in [-0.25, -0.2) is 4.39 Å². The molecular weight excluding hydrogens is 424 g/mol. The smallest absolute Gasteiger partial charge is 0.133 e. The summed E-state index contributed by atoms with van der Waals surface area (Å²) in [6.45, 7) is 2.00. The van der Waals surface area contributed by atoms with E-state index in [1.165, 1.54) is 12.1 Å². The second-order valence-corrected chi connectivity index (χ2v) is 6.62. The number of hydrogen-bond donors (Lipinski definition) is 1. The largest absolute Gasteiger partial charge is 0.496 e. The first-order valence-corrected chi connectivity index (χ1v) is 8.13. The van der Waals surface area contributed by atoms with Crippen LogP contribution in [0.25, 0.3) is 0 Å². The minimum Gasteiger partial charge on any atom is -0.496 e. The topological polar surface area (TPSA) is 21.3 Å². The lowest BCUT2D eigenvalue weighted by atomic mass is 10.1. The Morgan fingerprint density at radius 2 is 1.90 bits per heavy atom. The molecule has 2 rings (SSSR count). The minimum absolute atomic E-state index is 0.00790. The van der Waals surface area contributed by atoms with Gasteiger partial charge in [-0.15, -0.1) is 0 Å². The Kier molecular flexibility index (Phi) is 5.52. The molecule has 1 N–H and O–H groups in total. The molecule has 2 nitrogen and oxygen atoms in total. The summed E-state index contributed by atoms with van der Waals surface area (Å²) >= 11 is 12.9. The summed E-state index contributed by atoms with van der Waals surface area (Å²) in [5, 5.41) is 3.61. The van der Waals surface area contributed by atoms with Crippen LogP contribution in [-0.4, -0.2) is 7.11 Å². The van der Waals surface area contributed by atoms with E-state index in [1.54, 1.807) is 7.11 Å². The minimum atomic E-state index is -0.378. The monoisotopic (exact) mass is 435 g/mol. The molecule has 0 aromatic heterocycles. The van der Waals surface area contributed by atoms with Crippen molar-refractivity contribution in [2.75, 3.05) is 12.4 Å². The van der Waals surface area contributed by atoms with E-state index in [0.29, 0.717) is 15.2 Å². The van der Waals surface area contributed by atoms with E-state index in [2.05, 4.69) is 37.2 Å². The molecule has 0 saturated carbocycles. The summed E-state index contributed by atoms with van der Waals surface area (Å²) < 4.78 is 19.9. The summed E-state index contributed by atoms with van der Waals surface area (Å²) in [5.41, 5.74) is 1.72. The summed E-state index contributed by atoms with van der Waals surface area (Å²) in [6.07, 6.45) is 0. The van der Waals surface area contributed by atoms with E-state index >= 15 is 0 Å². The van der Waals surface area contributed by atoms with Gasteiger partial charge in [-0.3, -0.25) is 0 Å². The van der Waals surface area contributed by atoms with Crippen LogP contribution in [0, 0.1) is 5.82 Å². The third-order valence-corrected chi connectivity index (χ3v) is 4.59. The summed E-state index contributed by atoms with van der Waals surface area (Å²) in [6, 6.07) is 8.48. The third kappa shape index (κ3) is 3.90.